The van der Waals surface area contributed by atoms with Gasteiger partial charge < -0.3 is 10.0 Å². The third-order valence-electron chi connectivity index (χ3n) is 3.15. The number of carbonyl (C=O) groups is 2. The van der Waals surface area contributed by atoms with Gasteiger partial charge in [-0.2, -0.15) is 0 Å². The number of piperidine rings is 1. The second kappa shape index (κ2) is 5.69. The van der Waals surface area contributed by atoms with Crippen LogP contribution >= 0.6 is 0 Å². The van der Waals surface area contributed by atoms with Crippen molar-refractivity contribution < 1.29 is 23.1 Å². The van der Waals surface area contributed by atoms with Crippen molar-refractivity contribution in [1.29, 1.82) is 0 Å². The Kier molecular flexibility index (Phi) is 4.72. The van der Waals surface area contributed by atoms with E-state index in [4.69, 9.17) is 5.11 Å². The van der Waals surface area contributed by atoms with Gasteiger partial charge in [-0.3, -0.25) is 4.79 Å². The lowest BCUT2D eigenvalue weighted by molar-refractivity contribution is -0.151. The first-order valence-corrected chi connectivity index (χ1v) is 7.71. The maximum atomic E-state index is 11.9. The highest BCUT2D eigenvalue weighted by Crippen LogP contribution is 2.18. The number of amides is 1. The first-order chi connectivity index (χ1) is 8.25. The zero-order chi connectivity index (χ0) is 13.9. The third kappa shape index (κ3) is 3.44. The number of sulfone groups is 1. The van der Waals surface area contributed by atoms with E-state index >= 15 is 0 Å². The summed E-state index contributed by atoms with van der Waals surface area (Å²) in [6.07, 6.45) is 1.86. The van der Waals surface area contributed by atoms with Crippen LogP contribution in [0.15, 0.2) is 0 Å². The average Bonchev–Trinajstić information content (AvgIpc) is 2.28. The minimum Gasteiger partial charge on any atom is -0.480 e. The lowest BCUT2D eigenvalue weighted by Gasteiger charge is -2.33. The molecule has 1 atom stereocenters. The molecule has 6 nitrogen and oxygen atoms in total. The molecule has 1 saturated heterocycles. The fourth-order valence-corrected chi connectivity index (χ4v) is 2.75. The number of carboxylic acid groups (broad SMARTS) is 1. The second-order valence-electron chi connectivity index (χ2n) is 4.79. The Labute approximate surface area is 107 Å². The fraction of sp³-hybridized carbons (Fsp3) is 0.818. The number of rotatable bonds is 4. The molecule has 0 spiro atoms. The van der Waals surface area contributed by atoms with Crippen molar-refractivity contribution in [1.82, 2.24) is 4.90 Å². The van der Waals surface area contributed by atoms with E-state index in [1.54, 1.807) is 0 Å². The zero-order valence-corrected chi connectivity index (χ0v) is 11.4. The molecule has 0 aliphatic carbocycles. The van der Waals surface area contributed by atoms with Crippen LogP contribution in [0.4, 0.5) is 0 Å². The van der Waals surface area contributed by atoms with Crippen LogP contribution in [0.3, 0.4) is 0 Å². The summed E-state index contributed by atoms with van der Waals surface area (Å²) in [7, 11) is -3.48. The maximum absolute atomic E-state index is 11.9. The van der Waals surface area contributed by atoms with Crippen molar-refractivity contribution in [2.24, 2.45) is 0 Å². The molecule has 0 radical (unpaired) electrons. The maximum Gasteiger partial charge on any atom is 0.326 e. The summed E-state index contributed by atoms with van der Waals surface area (Å²) >= 11 is 0. The van der Waals surface area contributed by atoms with Crippen molar-refractivity contribution >= 4 is 21.7 Å². The van der Waals surface area contributed by atoms with Gasteiger partial charge in [-0.25, -0.2) is 13.2 Å². The summed E-state index contributed by atoms with van der Waals surface area (Å²) in [5.74, 6) is -2.27. The van der Waals surface area contributed by atoms with Crippen molar-refractivity contribution in [3.63, 3.8) is 0 Å². The Morgan fingerprint density at radius 2 is 1.94 bits per heavy atom. The van der Waals surface area contributed by atoms with Crippen LogP contribution in [0.5, 0.6) is 0 Å². The van der Waals surface area contributed by atoms with E-state index in [-0.39, 0.29) is 0 Å². The van der Waals surface area contributed by atoms with Gasteiger partial charge in [0.25, 0.3) is 0 Å². The van der Waals surface area contributed by atoms with Crippen LogP contribution in [-0.4, -0.2) is 53.9 Å². The summed E-state index contributed by atoms with van der Waals surface area (Å²) in [5, 5.41) is 8.39. The average molecular weight is 277 g/mol. The fourth-order valence-electron chi connectivity index (χ4n) is 1.91. The topological polar surface area (TPSA) is 91.8 Å². The van der Waals surface area contributed by atoms with E-state index < -0.39 is 38.8 Å². The molecule has 104 valence electrons. The van der Waals surface area contributed by atoms with Gasteiger partial charge in [-0.05, 0) is 33.1 Å². The van der Waals surface area contributed by atoms with Crippen LogP contribution in [-0.2, 0) is 19.4 Å². The lowest BCUT2D eigenvalue weighted by Crippen LogP contribution is -2.50. The van der Waals surface area contributed by atoms with Gasteiger partial charge in [-0.15, -0.1) is 0 Å². The van der Waals surface area contributed by atoms with Gasteiger partial charge in [0.15, 0.2) is 9.84 Å². The van der Waals surface area contributed by atoms with Crippen LogP contribution < -0.4 is 0 Å². The van der Waals surface area contributed by atoms with Crippen LogP contribution in [0, 0.1) is 0 Å². The first-order valence-electron chi connectivity index (χ1n) is 5.99. The molecule has 0 aromatic heterocycles. The summed E-state index contributed by atoms with van der Waals surface area (Å²) in [5.41, 5.74) is 0. The number of aliphatic carboxylic acids is 1. The molecule has 0 saturated carbocycles. The summed E-state index contributed by atoms with van der Waals surface area (Å²) in [6, 6.07) is -0.881. The first kappa shape index (κ1) is 14.9. The predicted molar refractivity (Wildman–Crippen MR) is 65.9 cm³/mol. The quantitative estimate of drug-likeness (QED) is 0.796. The van der Waals surface area contributed by atoms with Gasteiger partial charge >= 0.3 is 5.97 Å². The SMILES string of the molecule is CC(C)S(=O)(=O)CC(=O)N1CCCCC1C(=O)O. The molecular formula is C11H19NO5S. The van der Waals surface area contributed by atoms with Gasteiger partial charge in [-0.1, -0.05) is 0 Å². The Balaban J connectivity index is 2.79. The van der Waals surface area contributed by atoms with Crippen molar-refractivity contribution in [3.05, 3.63) is 0 Å². The molecule has 0 bridgehead atoms. The molecule has 1 rings (SSSR count). The largest absolute Gasteiger partial charge is 0.480 e. The number of carboxylic acids is 1. The molecule has 0 aromatic rings. The minimum absolute atomic E-state index is 0.323. The summed E-state index contributed by atoms with van der Waals surface area (Å²) in [6.45, 7) is 3.34. The molecule has 1 amide bonds. The van der Waals surface area contributed by atoms with Crippen molar-refractivity contribution in [2.75, 3.05) is 12.3 Å². The highest BCUT2D eigenvalue weighted by atomic mass is 32.2. The Morgan fingerprint density at radius 1 is 1.33 bits per heavy atom. The molecule has 1 fully saturated rings. The highest BCUT2D eigenvalue weighted by molar-refractivity contribution is 7.92. The molecular weight excluding hydrogens is 258 g/mol. The number of hydrogen-bond donors (Lipinski definition) is 1. The number of hydrogen-bond acceptors (Lipinski definition) is 4. The molecule has 1 N–H and O–H groups in total. The van der Waals surface area contributed by atoms with Gasteiger partial charge in [0.2, 0.25) is 5.91 Å². The van der Waals surface area contributed by atoms with Gasteiger partial charge in [0, 0.05) is 6.54 Å². The number of carbonyl (C=O) groups excluding carboxylic acids is 1. The molecule has 1 heterocycles. The van der Waals surface area contributed by atoms with Crippen molar-refractivity contribution in [3.8, 4) is 0 Å². The van der Waals surface area contributed by atoms with Gasteiger partial charge in [0.05, 0.1) is 5.25 Å². The third-order valence-corrected chi connectivity index (χ3v) is 5.24. The second-order valence-corrected chi connectivity index (χ2v) is 7.35. The predicted octanol–water partition coefficient (Wildman–Crippen LogP) is 0.275. The zero-order valence-electron chi connectivity index (χ0n) is 10.6. The highest BCUT2D eigenvalue weighted by Gasteiger charge is 2.34. The van der Waals surface area contributed by atoms with E-state index in [1.807, 2.05) is 0 Å². The van der Waals surface area contributed by atoms with Crippen molar-refractivity contribution in [2.45, 2.75) is 44.4 Å². The summed E-state index contributed by atoms with van der Waals surface area (Å²) in [4.78, 5) is 24.1. The van der Waals surface area contributed by atoms with E-state index in [0.717, 1.165) is 12.8 Å². The Hall–Kier alpha value is -1.11. The molecule has 0 aromatic carbocycles. The normalized spacial score (nSPS) is 21.1. The van der Waals surface area contributed by atoms with E-state index in [9.17, 15) is 18.0 Å². The van der Waals surface area contributed by atoms with Gasteiger partial charge in [0.1, 0.15) is 11.8 Å². The lowest BCUT2D eigenvalue weighted by atomic mass is 10.0. The Bertz CT molecular complexity index is 429. The van der Waals surface area contributed by atoms with Crippen LogP contribution in [0.25, 0.3) is 0 Å². The summed E-state index contributed by atoms with van der Waals surface area (Å²) < 4.78 is 23.3. The van der Waals surface area contributed by atoms with E-state index in [2.05, 4.69) is 0 Å². The molecule has 18 heavy (non-hydrogen) atoms. The molecule has 1 aliphatic heterocycles. The number of likely N-dealkylation sites (tertiary alicyclic amines) is 1. The van der Waals surface area contributed by atoms with Crippen LogP contribution in [0.2, 0.25) is 0 Å². The Morgan fingerprint density at radius 3 is 2.44 bits per heavy atom. The minimum atomic E-state index is -3.48. The monoisotopic (exact) mass is 277 g/mol. The van der Waals surface area contributed by atoms with Crippen LogP contribution in [0.1, 0.15) is 33.1 Å². The molecule has 1 unspecified atom stereocenters. The van der Waals surface area contributed by atoms with E-state index in [1.165, 1.54) is 18.7 Å². The molecule has 1 aliphatic rings. The number of nitrogens with zero attached hydrogens (tertiary/aromatic N) is 1. The van der Waals surface area contributed by atoms with E-state index in [0.29, 0.717) is 13.0 Å². The smallest absolute Gasteiger partial charge is 0.326 e. The molecule has 7 heteroatoms. The standard InChI is InChI=1S/C11H19NO5S/c1-8(2)18(16,17)7-10(13)12-6-4-3-5-9(12)11(14)15/h8-9H,3-7H2,1-2H3,(H,14,15).